The van der Waals surface area contributed by atoms with Crippen molar-refractivity contribution in [3.8, 4) is 78.9 Å². The first-order valence-electron chi connectivity index (χ1n) is 19.6. The van der Waals surface area contributed by atoms with Crippen LogP contribution in [0.5, 0.6) is 23.0 Å². The zero-order chi connectivity index (χ0) is 39.7. The number of hydrogen-bond acceptors (Lipinski definition) is 5. The second-order valence-electron chi connectivity index (χ2n) is 14.5. The molecule has 6 heteroatoms. The Morgan fingerprint density at radius 3 is 1.73 bits per heavy atom. The second-order valence-corrected chi connectivity index (χ2v) is 14.5. The third-order valence-corrected chi connectivity index (χ3v) is 10.7. The van der Waals surface area contributed by atoms with Gasteiger partial charge in [0.05, 0.1) is 22.9 Å². The molecule has 0 fully saturated rings. The van der Waals surface area contributed by atoms with E-state index in [1.165, 1.54) is 33.4 Å². The number of benzene rings is 7. The number of aryl methyl sites for hydroxylation is 2. The zero-order valence-corrected chi connectivity index (χ0v) is 35.3. The number of hydrogen-bond donors (Lipinski definition) is 0. The Hall–Kier alpha value is -7.11. The molecule has 0 bridgehead atoms. The summed E-state index contributed by atoms with van der Waals surface area (Å²) in [5.74, 6) is 2.99. The topological polar surface area (TPSA) is 47.5 Å². The van der Waals surface area contributed by atoms with Crippen molar-refractivity contribution >= 4 is 17.1 Å². The van der Waals surface area contributed by atoms with Gasteiger partial charge in [0.15, 0.2) is 0 Å². The summed E-state index contributed by atoms with van der Waals surface area (Å²) in [5, 5.41) is 0. The molecule has 2 aliphatic heterocycles. The van der Waals surface area contributed by atoms with E-state index >= 15 is 0 Å². The Bertz CT molecular complexity index is 2880. The molecule has 11 rings (SSSR count). The van der Waals surface area contributed by atoms with Gasteiger partial charge in [-0.25, -0.2) is 0 Å². The van der Waals surface area contributed by atoms with Crippen molar-refractivity contribution in [2.75, 3.05) is 4.90 Å². The van der Waals surface area contributed by atoms with Gasteiger partial charge in [-0.05, 0) is 82.0 Å². The minimum Gasteiger partial charge on any atom is -0.497 e. The molecule has 291 valence electrons. The molecular weight excluding hydrogens is 915 g/mol. The zero-order valence-electron chi connectivity index (χ0n) is 32.9. The van der Waals surface area contributed by atoms with Gasteiger partial charge in [0.1, 0.15) is 11.5 Å². The van der Waals surface area contributed by atoms with Gasteiger partial charge < -0.3 is 24.3 Å². The van der Waals surface area contributed by atoms with Crippen LogP contribution in [0.25, 0.3) is 55.9 Å². The van der Waals surface area contributed by atoms with Crippen LogP contribution < -0.4 is 14.4 Å². The molecule has 0 saturated heterocycles. The van der Waals surface area contributed by atoms with Crippen molar-refractivity contribution < 1.29 is 29.6 Å². The molecule has 7 aromatic carbocycles. The van der Waals surface area contributed by atoms with E-state index in [1.54, 1.807) is 0 Å². The van der Waals surface area contributed by atoms with Crippen molar-refractivity contribution in [1.82, 2.24) is 9.97 Å². The normalized spacial score (nSPS) is 11.6. The maximum absolute atomic E-state index is 6.48. The van der Waals surface area contributed by atoms with E-state index in [0.29, 0.717) is 11.5 Å². The summed E-state index contributed by atoms with van der Waals surface area (Å²) >= 11 is 0. The fourth-order valence-electron chi connectivity index (χ4n) is 7.75. The smallest absolute Gasteiger partial charge is 0.138 e. The molecule has 0 aliphatic carbocycles. The molecule has 0 saturated carbocycles. The van der Waals surface area contributed by atoms with Crippen molar-refractivity contribution in [2.45, 2.75) is 13.8 Å². The third kappa shape index (κ3) is 7.28. The minimum absolute atomic E-state index is 0. The summed E-state index contributed by atoms with van der Waals surface area (Å²) in [6.45, 7) is 4.23. The minimum atomic E-state index is 0. The van der Waals surface area contributed by atoms with Gasteiger partial charge in [0.2, 0.25) is 0 Å². The fraction of sp³-hybridized carbons (Fsp3) is 0.0370. The summed E-state index contributed by atoms with van der Waals surface area (Å²) in [6.07, 6.45) is 3.78. The molecule has 0 spiro atoms. The first-order valence-corrected chi connectivity index (χ1v) is 19.6. The Morgan fingerprint density at radius 1 is 0.483 bits per heavy atom. The van der Waals surface area contributed by atoms with Crippen LogP contribution in [0.1, 0.15) is 11.1 Å². The van der Waals surface area contributed by atoms with E-state index in [9.17, 15) is 0 Å². The van der Waals surface area contributed by atoms with Gasteiger partial charge in [-0.2, -0.15) is 0 Å². The molecule has 2 aromatic heterocycles. The van der Waals surface area contributed by atoms with E-state index in [2.05, 4.69) is 138 Å². The van der Waals surface area contributed by atoms with E-state index in [-0.39, 0.29) is 20.1 Å². The Balaban J connectivity index is 0.000000156. The standard InChI is InChI=1S/C29H17N2O2.C25H20N.Ir/c1-2-8-19(9-3-1)20-16-17-30-22(18-20)21-14-15-27-28-29(21)33-26-13-7-5-11-24(26)31(28)23-10-4-6-12-25(23)32-27;1-18-13-14-22(15-23(18)20-9-5-3-6-10-20)25-16-24(19(2)17-26-25)21-11-7-4-8-12-21;/h1-13,15-18H;3-13,15-17H,1-2H3;/q2*-1;. The summed E-state index contributed by atoms with van der Waals surface area (Å²) in [7, 11) is 0. The van der Waals surface area contributed by atoms with Gasteiger partial charge in [-0.15, -0.1) is 41.5 Å². The quantitative estimate of drug-likeness (QED) is 0.161. The summed E-state index contributed by atoms with van der Waals surface area (Å²) < 4.78 is 12.7. The van der Waals surface area contributed by atoms with E-state index in [0.717, 1.165) is 62.2 Å². The van der Waals surface area contributed by atoms with Gasteiger partial charge in [-0.1, -0.05) is 145 Å². The van der Waals surface area contributed by atoms with Crippen molar-refractivity contribution in [2.24, 2.45) is 0 Å². The number of para-hydroxylation sites is 4. The van der Waals surface area contributed by atoms with Crippen LogP contribution >= 0.6 is 0 Å². The Labute approximate surface area is 364 Å². The number of ether oxygens (including phenoxy) is 2. The molecule has 9 aromatic rings. The van der Waals surface area contributed by atoms with Gasteiger partial charge in [0.25, 0.3) is 0 Å². The van der Waals surface area contributed by atoms with Crippen LogP contribution in [-0.2, 0) is 20.1 Å². The van der Waals surface area contributed by atoms with Crippen LogP contribution in [0.2, 0.25) is 0 Å². The molecule has 2 aliphatic rings. The van der Waals surface area contributed by atoms with Crippen LogP contribution in [0.3, 0.4) is 0 Å². The summed E-state index contributed by atoms with van der Waals surface area (Å²) in [6, 6.07) is 66.5. The van der Waals surface area contributed by atoms with Crippen LogP contribution in [-0.4, -0.2) is 9.97 Å². The van der Waals surface area contributed by atoms with Crippen molar-refractivity contribution in [3.05, 3.63) is 212 Å². The molecule has 0 N–H and O–H groups in total. The molecule has 1 radical (unpaired) electrons. The fourth-order valence-corrected chi connectivity index (χ4v) is 7.75. The Morgan fingerprint density at radius 2 is 1.07 bits per heavy atom. The maximum Gasteiger partial charge on any atom is 0.138 e. The number of fused-ring (bicyclic) bond motifs is 4. The predicted molar refractivity (Wildman–Crippen MR) is 238 cm³/mol. The molecule has 0 unspecified atom stereocenters. The molecule has 0 atom stereocenters. The van der Waals surface area contributed by atoms with Gasteiger partial charge in [-0.3, -0.25) is 0 Å². The number of pyridine rings is 2. The van der Waals surface area contributed by atoms with Crippen LogP contribution in [0, 0.1) is 26.0 Å². The molecule has 0 amide bonds. The number of aromatic nitrogens is 2. The van der Waals surface area contributed by atoms with E-state index in [4.69, 9.17) is 9.47 Å². The Kier molecular flexibility index (Phi) is 10.6. The number of anilines is 3. The first-order chi connectivity index (χ1) is 29.1. The number of nitrogens with zero attached hydrogens (tertiary/aromatic N) is 3. The third-order valence-electron chi connectivity index (χ3n) is 10.7. The molecular formula is C54H37IrN3O2-2. The van der Waals surface area contributed by atoms with Crippen LogP contribution in [0.4, 0.5) is 17.1 Å². The molecule has 60 heavy (non-hydrogen) atoms. The average molecular weight is 952 g/mol. The van der Waals surface area contributed by atoms with Crippen molar-refractivity contribution in [1.29, 1.82) is 0 Å². The number of rotatable bonds is 5. The monoisotopic (exact) mass is 952 g/mol. The van der Waals surface area contributed by atoms with E-state index in [1.807, 2.05) is 91.3 Å². The SMILES string of the molecule is Cc1c[c-]c(-c2cc(-c3ccccc3)c(C)cn2)cc1-c1ccccc1.[Ir].[c-]1cc2c3c(c1-c1cc(-c4ccccc4)ccn1)Oc1ccccc1N3c1ccccc1O2. The average Bonchev–Trinajstić information content (AvgIpc) is 3.30. The van der Waals surface area contributed by atoms with Crippen LogP contribution in [0.15, 0.2) is 188 Å². The largest absolute Gasteiger partial charge is 0.497 e. The summed E-state index contributed by atoms with van der Waals surface area (Å²) in [5.41, 5.74) is 15.9. The predicted octanol–water partition coefficient (Wildman–Crippen LogP) is 14.4. The first kappa shape index (κ1) is 38.4. The molecule has 5 nitrogen and oxygen atoms in total. The van der Waals surface area contributed by atoms with Gasteiger partial charge >= 0.3 is 0 Å². The maximum atomic E-state index is 6.48. The second kappa shape index (κ2) is 16.6. The van der Waals surface area contributed by atoms with E-state index < -0.39 is 0 Å². The van der Waals surface area contributed by atoms with Crippen molar-refractivity contribution in [3.63, 3.8) is 0 Å². The molecule has 4 heterocycles. The van der Waals surface area contributed by atoms with Gasteiger partial charge in [0, 0.05) is 38.2 Å². The summed E-state index contributed by atoms with van der Waals surface area (Å²) in [4.78, 5) is 11.5.